The Balaban J connectivity index is 1.46. The van der Waals surface area contributed by atoms with Gasteiger partial charge in [-0.25, -0.2) is 17.5 Å². The standard InChI is InChI=1S/C29H42ClFN4O5S/c1-20-15-21(30)16-25-24(20)18-27(35-10-4-5-22(19-35)34(2)3)29(25)40-28-7-6-23(17-26(28)31)41(36,37)33-9-12-39-14-13-38-11-8-32/h6-7,15-17,22,27,29,33H,4-5,8-14,18-19,32H2,1-3H3/t22-,27+,29+/m1/s1. The molecule has 4 rings (SSSR count). The van der Waals surface area contributed by atoms with Gasteiger partial charge >= 0.3 is 0 Å². The molecule has 3 atom stereocenters. The molecule has 0 aromatic heterocycles. The van der Waals surface area contributed by atoms with Crippen LogP contribution in [0.2, 0.25) is 5.02 Å². The maximum Gasteiger partial charge on any atom is 0.240 e. The monoisotopic (exact) mass is 612 g/mol. The molecule has 228 valence electrons. The van der Waals surface area contributed by atoms with Gasteiger partial charge in [0.25, 0.3) is 0 Å². The fraction of sp³-hybridized carbons (Fsp3) is 0.586. The maximum atomic E-state index is 15.4. The Bertz CT molecular complexity index is 1280. The smallest absolute Gasteiger partial charge is 0.240 e. The van der Waals surface area contributed by atoms with Gasteiger partial charge in [0.2, 0.25) is 10.0 Å². The topological polar surface area (TPSA) is 106 Å². The molecule has 1 heterocycles. The second kappa shape index (κ2) is 14.6. The van der Waals surface area contributed by atoms with E-state index < -0.39 is 21.9 Å². The lowest BCUT2D eigenvalue weighted by Gasteiger charge is -2.41. The number of ether oxygens (including phenoxy) is 3. The van der Waals surface area contributed by atoms with E-state index in [4.69, 9.17) is 31.5 Å². The highest BCUT2D eigenvalue weighted by atomic mass is 35.5. The number of sulfonamides is 1. The summed E-state index contributed by atoms with van der Waals surface area (Å²) in [7, 11) is 0.265. The lowest BCUT2D eigenvalue weighted by molar-refractivity contribution is 0.0365. The molecule has 1 aliphatic carbocycles. The highest BCUT2D eigenvalue weighted by molar-refractivity contribution is 7.89. The van der Waals surface area contributed by atoms with Crippen molar-refractivity contribution in [2.24, 2.45) is 5.73 Å². The Labute approximate surface area is 248 Å². The zero-order chi connectivity index (χ0) is 29.6. The van der Waals surface area contributed by atoms with Crippen LogP contribution < -0.4 is 15.2 Å². The average Bonchev–Trinajstić information content (AvgIpc) is 3.29. The van der Waals surface area contributed by atoms with Gasteiger partial charge in [-0.05, 0) is 93.8 Å². The number of benzene rings is 2. The number of nitrogens with two attached hydrogens (primary N) is 1. The summed E-state index contributed by atoms with van der Waals surface area (Å²) in [6.07, 6.45) is 2.54. The van der Waals surface area contributed by atoms with Crippen LogP contribution in [0, 0.1) is 12.7 Å². The summed E-state index contributed by atoms with van der Waals surface area (Å²) < 4.78 is 60.3. The number of rotatable bonds is 14. The van der Waals surface area contributed by atoms with Gasteiger partial charge in [-0.15, -0.1) is 0 Å². The lowest BCUT2D eigenvalue weighted by atomic mass is 10.0. The van der Waals surface area contributed by atoms with E-state index in [1.165, 1.54) is 17.7 Å². The Morgan fingerprint density at radius 1 is 1.15 bits per heavy atom. The average molecular weight is 613 g/mol. The van der Waals surface area contributed by atoms with E-state index in [0.29, 0.717) is 37.4 Å². The van der Waals surface area contributed by atoms with Crippen LogP contribution in [0.15, 0.2) is 35.2 Å². The van der Waals surface area contributed by atoms with Crippen LogP contribution in [0.3, 0.4) is 0 Å². The van der Waals surface area contributed by atoms with Crippen LogP contribution in [0.25, 0.3) is 0 Å². The van der Waals surface area contributed by atoms with Crippen LogP contribution in [-0.4, -0.2) is 97.0 Å². The molecule has 41 heavy (non-hydrogen) atoms. The van der Waals surface area contributed by atoms with Crippen molar-refractivity contribution < 1.29 is 27.0 Å². The Morgan fingerprint density at radius 2 is 1.90 bits per heavy atom. The van der Waals surface area contributed by atoms with Crippen LogP contribution in [0.5, 0.6) is 5.75 Å². The van der Waals surface area contributed by atoms with Gasteiger partial charge < -0.3 is 24.8 Å². The highest BCUT2D eigenvalue weighted by Crippen LogP contribution is 2.42. The number of nitrogens with one attached hydrogen (secondary N) is 1. The molecular formula is C29H42ClFN4O5S. The van der Waals surface area contributed by atoms with Crippen molar-refractivity contribution in [1.82, 2.24) is 14.5 Å². The lowest BCUT2D eigenvalue weighted by Crippen LogP contribution is -2.51. The van der Waals surface area contributed by atoms with Gasteiger partial charge in [0.05, 0.1) is 37.4 Å². The minimum absolute atomic E-state index is 0.00594. The van der Waals surface area contributed by atoms with Crippen LogP contribution >= 0.6 is 11.6 Å². The molecule has 2 aliphatic rings. The van der Waals surface area contributed by atoms with Crippen molar-refractivity contribution in [3.63, 3.8) is 0 Å². The summed E-state index contributed by atoms with van der Waals surface area (Å²) in [5, 5.41) is 0.611. The minimum atomic E-state index is -3.93. The van der Waals surface area contributed by atoms with Crippen molar-refractivity contribution in [2.45, 2.75) is 49.3 Å². The minimum Gasteiger partial charge on any atom is -0.481 e. The van der Waals surface area contributed by atoms with E-state index in [0.717, 1.165) is 49.5 Å². The fourth-order valence-electron chi connectivity index (χ4n) is 5.64. The van der Waals surface area contributed by atoms with E-state index in [-0.39, 0.29) is 29.8 Å². The second-order valence-corrected chi connectivity index (χ2v) is 13.1. The molecule has 1 aliphatic heterocycles. The summed E-state index contributed by atoms with van der Waals surface area (Å²) in [5.74, 6) is -0.733. The molecule has 0 amide bonds. The number of hydrogen-bond donors (Lipinski definition) is 2. The third kappa shape index (κ3) is 8.17. The second-order valence-electron chi connectivity index (χ2n) is 10.9. The van der Waals surface area contributed by atoms with Gasteiger partial charge in [-0.1, -0.05) is 11.6 Å². The van der Waals surface area contributed by atoms with E-state index in [1.807, 2.05) is 19.1 Å². The Morgan fingerprint density at radius 3 is 2.61 bits per heavy atom. The molecule has 0 bridgehead atoms. The predicted molar refractivity (Wildman–Crippen MR) is 158 cm³/mol. The molecule has 0 radical (unpaired) electrons. The first kappa shape index (κ1) is 32.1. The van der Waals surface area contributed by atoms with Crippen molar-refractivity contribution in [3.8, 4) is 5.75 Å². The molecule has 9 nitrogen and oxygen atoms in total. The van der Waals surface area contributed by atoms with Crippen molar-refractivity contribution in [2.75, 3.05) is 66.7 Å². The highest BCUT2D eigenvalue weighted by Gasteiger charge is 2.41. The molecule has 12 heteroatoms. The van der Waals surface area contributed by atoms with E-state index in [2.05, 4.69) is 28.6 Å². The van der Waals surface area contributed by atoms with Gasteiger partial charge in [0.1, 0.15) is 6.10 Å². The van der Waals surface area contributed by atoms with Gasteiger partial charge in [-0.2, -0.15) is 0 Å². The summed E-state index contributed by atoms with van der Waals surface area (Å²) in [6.45, 7) is 5.65. The first-order chi connectivity index (χ1) is 19.6. The number of piperidine rings is 1. The first-order valence-electron chi connectivity index (χ1n) is 14.1. The van der Waals surface area contributed by atoms with Gasteiger partial charge in [-0.3, -0.25) is 4.90 Å². The number of hydrogen-bond acceptors (Lipinski definition) is 8. The number of likely N-dealkylation sites (N-methyl/N-ethyl adjacent to an activating group) is 1. The summed E-state index contributed by atoms with van der Waals surface area (Å²) in [4.78, 5) is 4.52. The zero-order valence-electron chi connectivity index (χ0n) is 24.1. The van der Waals surface area contributed by atoms with E-state index in [9.17, 15) is 8.42 Å². The third-order valence-corrected chi connectivity index (χ3v) is 9.49. The molecule has 3 N–H and O–H groups in total. The number of nitrogens with zero attached hydrogens (tertiary/aromatic N) is 2. The van der Waals surface area contributed by atoms with Gasteiger partial charge in [0.15, 0.2) is 11.6 Å². The fourth-order valence-corrected chi connectivity index (χ4v) is 6.95. The van der Waals surface area contributed by atoms with Crippen molar-refractivity contribution in [1.29, 1.82) is 0 Å². The van der Waals surface area contributed by atoms with E-state index in [1.54, 1.807) is 0 Å². The molecule has 2 aromatic rings. The number of likely N-dealkylation sites (tertiary alicyclic amines) is 1. The van der Waals surface area contributed by atoms with E-state index >= 15 is 4.39 Å². The molecular weight excluding hydrogens is 571 g/mol. The maximum absolute atomic E-state index is 15.4. The van der Waals surface area contributed by atoms with Crippen LogP contribution in [-0.2, 0) is 25.9 Å². The first-order valence-corrected chi connectivity index (χ1v) is 16.0. The third-order valence-electron chi connectivity index (χ3n) is 7.81. The number of aryl methyl sites for hydroxylation is 1. The molecule has 1 fully saturated rings. The summed E-state index contributed by atoms with van der Waals surface area (Å²) in [6, 6.07) is 8.05. The Hall–Kier alpha value is -1.83. The SMILES string of the molecule is Cc1cc(Cl)cc2c1C[C@H](N1CCC[C@@H](N(C)C)C1)[C@H]2Oc1ccc(S(=O)(=O)NCCOCCOCCN)cc1F. The van der Waals surface area contributed by atoms with Crippen LogP contribution in [0.1, 0.15) is 35.6 Å². The van der Waals surface area contributed by atoms with Crippen LogP contribution in [0.4, 0.5) is 4.39 Å². The summed E-state index contributed by atoms with van der Waals surface area (Å²) >= 11 is 6.44. The van der Waals surface area contributed by atoms with Crippen molar-refractivity contribution in [3.05, 3.63) is 57.9 Å². The normalized spacial score (nSPS) is 21.4. The van der Waals surface area contributed by atoms with Crippen molar-refractivity contribution >= 4 is 21.6 Å². The number of halogens is 2. The van der Waals surface area contributed by atoms with Gasteiger partial charge in [0, 0.05) is 30.7 Å². The Kier molecular flexibility index (Phi) is 11.4. The predicted octanol–water partition coefficient (Wildman–Crippen LogP) is 3.13. The molecule has 0 saturated carbocycles. The molecule has 1 saturated heterocycles. The largest absolute Gasteiger partial charge is 0.481 e. The molecule has 0 spiro atoms. The molecule has 2 aromatic carbocycles. The quantitative estimate of drug-likeness (QED) is 0.314. The number of fused-ring (bicyclic) bond motifs is 1. The zero-order valence-corrected chi connectivity index (χ0v) is 25.6. The molecule has 0 unspecified atom stereocenters. The summed E-state index contributed by atoms with van der Waals surface area (Å²) in [5.41, 5.74) is 8.57.